The number of nitrogens with zero attached hydrogens (tertiary/aromatic N) is 3. The number of sulfonamides is 1. The first-order valence-electron chi connectivity index (χ1n) is 11.8. The summed E-state index contributed by atoms with van der Waals surface area (Å²) >= 11 is 0. The van der Waals surface area contributed by atoms with Gasteiger partial charge in [-0.15, -0.1) is 0 Å². The molecule has 4 rings (SSSR count). The minimum absolute atomic E-state index is 0.0141. The number of halogens is 1. The Bertz CT molecular complexity index is 1340. The molecule has 1 saturated heterocycles. The Morgan fingerprint density at radius 1 is 0.919 bits per heavy atom. The number of aryl methyl sites for hydroxylation is 1. The van der Waals surface area contributed by atoms with E-state index in [1.54, 1.807) is 60.4 Å². The van der Waals surface area contributed by atoms with Gasteiger partial charge in [-0.1, -0.05) is 6.07 Å². The molecular weight excluding hydrogens is 497 g/mol. The molecule has 10 heteroatoms. The number of carbonyl (C=O) groups is 1. The lowest BCUT2D eigenvalue weighted by atomic mass is 10.2. The Hall–Kier alpha value is -3.79. The van der Waals surface area contributed by atoms with E-state index in [1.165, 1.54) is 32.4 Å². The van der Waals surface area contributed by atoms with Crippen molar-refractivity contribution >= 4 is 27.3 Å². The normalized spacial score (nSPS) is 13.8. The van der Waals surface area contributed by atoms with Gasteiger partial charge in [0.1, 0.15) is 28.8 Å². The molecule has 1 fully saturated rings. The van der Waals surface area contributed by atoms with Crippen LogP contribution in [0.5, 0.6) is 11.5 Å². The van der Waals surface area contributed by atoms with Gasteiger partial charge in [0.2, 0.25) is 5.91 Å². The molecule has 1 heterocycles. The Labute approximate surface area is 216 Å². The van der Waals surface area contributed by atoms with Crippen molar-refractivity contribution in [3.05, 3.63) is 78.1 Å². The maximum absolute atomic E-state index is 13.9. The molecule has 0 saturated carbocycles. The highest BCUT2D eigenvalue weighted by Crippen LogP contribution is 2.32. The third-order valence-electron chi connectivity index (χ3n) is 6.35. The van der Waals surface area contributed by atoms with E-state index in [1.807, 2.05) is 0 Å². The van der Waals surface area contributed by atoms with Gasteiger partial charge in [0.05, 0.1) is 19.9 Å². The van der Waals surface area contributed by atoms with Crippen molar-refractivity contribution < 1.29 is 27.1 Å². The zero-order valence-electron chi connectivity index (χ0n) is 21.1. The van der Waals surface area contributed by atoms with Crippen LogP contribution in [0.3, 0.4) is 0 Å². The van der Waals surface area contributed by atoms with Crippen LogP contribution in [0.4, 0.5) is 15.8 Å². The fourth-order valence-corrected chi connectivity index (χ4v) is 5.91. The van der Waals surface area contributed by atoms with Crippen molar-refractivity contribution in [2.45, 2.75) is 11.8 Å². The van der Waals surface area contributed by atoms with E-state index >= 15 is 0 Å². The van der Waals surface area contributed by atoms with Crippen LogP contribution >= 0.6 is 0 Å². The maximum Gasteiger partial charge on any atom is 0.268 e. The number of methoxy groups -OCH3 is 2. The Kier molecular flexibility index (Phi) is 7.87. The number of benzene rings is 3. The smallest absolute Gasteiger partial charge is 0.268 e. The number of rotatable bonds is 8. The number of ether oxygens (including phenoxy) is 2. The molecule has 1 aliphatic heterocycles. The first-order chi connectivity index (χ1) is 17.7. The number of hydrogen-bond acceptors (Lipinski definition) is 6. The predicted molar refractivity (Wildman–Crippen MR) is 140 cm³/mol. The van der Waals surface area contributed by atoms with Crippen LogP contribution in [-0.2, 0) is 14.8 Å². The van der Waals surface area contributed by atoms with Gasteiger partial charge < -0.3 is 19.3 Å². The molecule has 0 aromatic heterocycles. The molecule has 8 nitrogen and oxygen atoms in total. The summed E-state index contributed by atoms with van der Waals surface area (Å²) in [7, 11) is -1.22. The lowest BCUT2D eigenvalue weighted by Crippen LogP contribution is -2.52. The molecule has 37 heavy (non-hydrogen) atoms. The minimum Gasteiger partial charge on any atom is -0.497 e. The number of hydrogen-bond donors (Lipinski definition) is 0. The van der Waals surface area contributed by atoms with E-state index in [2.05, 4.69) is 4.90 Å². The SMILES string of the molecule is COc1ccc(N(CC(=O)N2CCN(c3ccc(F)cc3)CC2)S(=O)(=O)c2cc(C)ccc2OC)cc1. The molecule has 1 amide bonds. The summed E-state index contributed by atoms with van der Waals surface area (Å²) in [6.45, 7) is 3.36. The summed E-state index contributed by atoms with van der Waals surface area (Å²) in [6, 6.07) is 17.7. The van der Waals surface area contributed by atoms with E-state index in [0.717, 1.165) is 15.6 Å². The van der Waals surface area contributed by atoms with E-state index in [9.17, 15) is 17.6 Å². The van der Waals surface area contributed by atoms with Crippen LogP contribution in [0.15, 0.2) is 71.6 Å². The lowest BCUT2D eigenvalue weighted by Gasteiger charge is -2.37. The summed E-state index contributed by atoms with van der Waals surface area (Å²) in [5.74, 6) is 0.148. The van der Waals surface area contributed by atoms with E-state index in [-0.39, 0.29) is 28.9 Å². The van der Waals surface area contributed by atoms with Crippen LogP contribution in [0.25, 0.3) is 0 Å². The monoisotopic (exact) mass is 527 g/mol. The fourth-order valence-electron chi connectivity index (χ4n) is 4.26. The van der Waals surface area contributed by atoms with Gasteiger partial charge in [-0.05, 0) is 73.2 Å². The van der Waals surface area contributed by atoms with Crippen molar-refractivity contribution in [3.8, 4) is 11.5 Å². The third-order valence-corrected chi connectivity index (χ3v) is 8.15. The van der Waals surface area contributed by atoms with Crippen molar-refractivity contribution in [2.75, 3.05) is 56.1 Å². The van der Waals surface area contributed by atoms with Crippen LogP contribution in [-0.4, -0.2) is 66.2 Å². The number of amides is 1. The molecule has 0 spiro atoms. The third kappa shape index (κ3) is 5.80. The molecule has 0 aliphatic carbocycles. The molecule has 0 radical (unpaired) electrons. The Balaban J connectivity index is 1.58. The van der Waals surface area contributed by atoms with Crippen molar-refractivity contribution in [1.29, 1.82) is 0 Å². The minimum atomic E-state index is -4.16. The first-order valence-corrected chi connectivity index (χ1v) is 13.3. The van der Waals surface area contributed by atoms with Crippen LogP contribution in [0.2, 0.25) is 0 Å². The van der Waals surface area contributed by atoms with E-state index in [0.29, 0.717) is 37.6 Å². The van der Waals surface area contributed by atoms with Gasteiger partial charge >= 0.3 is 0 Å². The van der Waals surface area contributed by atoms with Gasteiger partial charge in [0.15, 0.2) is 0 Å². The molecule has 1 aliphatic rings. The quantitative estimate of drug-likeness (QED) is 0.445. The molecule has 0 N–H and O–H groups in total. The van der Waals surface area contributed by atoms with Gasteiger partial charge in [-0.3, -0.25) is 9.10 Å². The van der Waals surface area contributed by atoms with Gasteiger partial charge in [-0.25, -0.2) is 12.8 Å². The van der Waals surface area contributed by atoms with Crippen molar-refractivity contribution in [3.63, 3.8) is 0 Å². The van der Waals surface area contributed by atoms with Crippen LogP contribution < -0.4 is 18.7 Å². The number of piperazine rings is 1. The van der Waals surface area contributed by atoms with E-state index < -0.39 is 10.0 Å². The average Bonchev–Trinajstić information content (AvgIpc) is 2.92. The van der Waals surface area contributed by atoms with Gasteiger partial charge in [-0.2, -0.15) is 0 Å². The zero-order valence-corrected chi connectivity index (χ0v) is 21.9. The predicted octanol–water partition coefficient (Wildman–Crippen LogP) is 3.70. The number of carbonyl (C=O) groups excluding carboxylic acids is 1. The molecule has 196 valence electrons. The molecule has 3 aromatic rings. The second-order valence-electron chi connectivity index (χ2n) is 8.71. The largest absolute Gasteiger partial charge is 0.497 e. The molecule has 0 atom stereocenters. The maximum atomic E-state index is 13.9. The molecule has 3 aromatic carbocycles. The lowest BCUT2D eigenvalue weighted by molar-refractivity contribution is -0.129. The summed E-state index contributed by atoms with van der Waals surface area (Å²) in [5, 5.41) is 0. The molecule has 0 bridgehead atoms. The van der Waals surface area contributed by atoms with Crippen LogP contribution in [0, 0.1) is 12.7 Å². The molecular formula is C27H30FN3O5S. The highest BCUT2D eigenvalue weighted by atomic mass is 32.2. The molecule has 0 unspecified atom stereocenters. The van der Waals surface area contributed by atoms with Gasteiger partial charge in [0.25, 0.3) is 10.0 Å². The van der Waals surface area contributed by atoms with E-state index in [4.69, 9.17) is 9.47 Å². The van der Waals surface area contributed by atoms with Crippen molar-refractivity contribution in [2.24, 2.45) is 0 Å². The summed E-state index contributed by atoms with van der Waals surface area (Å²) in [6.07, 6.45) is 0. The van der Waals surface area contributed by atoms with Crippen molar-refractivity contribution in [1.82, 2.24) is 4.90 Å². The highest BCUT2D eigenvalue weighted by Gasteiger charge is 2.32. The second kappa shape index (κ2) is 11.1. The summed E-state index contributed by atoms with van der Waals surface area (Å²) < 4.78 is 52.8. The zero-order chi connectivity index (χ0) is 26.6. The number of anilines is 2. The fraction of sp³-hybridized carbons (Fsp3) is 0.296. The Morgan fingerprint density at radius 2 is 1.57 bits per heavy atom. The second-order valence-corrected chi connectivity index (χ2v) is 10.5. The highest BCUT2D eigenvalue weighted by molar-refractivity contribution is 7.93. The Morgan fingerprint density at radius 3 is 2.16 bits per heavy atom. The summed E-state index contributed by atoms with van der Waals surface area (Å²) in [4.78, 5) is 17.1. The van der Waals surface area contributed by atoms with Crippen LogP contribution in [0.1, 0.15) is 5.56 Å². The average molecular weight is 528 g/mol. The summed E-state index contributed by atoms with van der Waals surface area (Å²) in [5.41, 5.74) is 1.96. The van der Waals surface area contributed by atoms with Gasteiger partial charge in [0, 0.05) is 31.9 Å². The standard InChI is InChI=1S/C27H30FN3O5S/c1-20-4-13-25(36-3)26(18-20)37(33,34)31(23-9-11-24(35-2)12-10-23)19-27(32)30-16-14-29(15-17-30)22-7-5-21(28)6-8-22/h4-13,18H,14-17,19H2,1-3H3. The first kappa shape index (κ1) is 26.3. The topological polar surface area (TPSA) is 79.4 Å².